The van der Waals surface area contributed by atoms with Gasteiger partial charge in [0.2, 0.25) is 11.8 Å². The number of carbonyl (C=O) groups is 1. The Bertz CT molecular complexity index is 835. The van der Waals surface area contributed by atoms with Gasteiger partial charge in [0, 0.05) is 25.2 Å². The summed E-state index contributed by atoms with van der Waals surface area (Å²) in [4.78, 5) is 22.8. The minimum absolute atomic E-state index is 0.00632. The molecule has 1 aliphatic rings. The average Bonchev–Trinajstić information content (AvgIpc) is 3.27. The summed E-state index contributed by atoms with van der Waals surface area (Å²) >= 11 is 1.32. The van der Waals surface area contributed by atoms with Gasteiger partial charge in [0.1, 0.15) is 11.6 Å². The molecule has 1 aliphatic heterocycles. The van der Waals surface area contributed by atoms with E-state index in [4.69, 9.17) is 9.15 Å². The lowest BCUT2D eigenvalue weighted by Gasteiger charge is -2.16. The predicted octanol–water partition coefficient (Wildman–Crippen LogP) is 2.99. The van der Waals surface area contributed by atoms with E-state index in [1.807, 2.05) is 47.4 Å². The Morgan fingerprint density at radius 2 is 2.16 bits per heavy atom. The SMILES string of the molecule is O=C(CSc1nc2ccccc2o1)N1CCC(Oc2ccccn2)C1. The number of carbonyl (C=O) groups excluding carboxylic acids is 1. The van der Waals surface area contributed by atoms with Gasteiger partial charge in [-0.05, 0) is 18.2 Å². The van der Waals surface area contributed by atoms with Crippen molar-refractivity contribution in [3.63, 3.8) is 0 Å². The lowest BCUT2D eigenvalue weighted by atomic mass is 10.3. The Labute approximate surface area is 149 Å². The summed E-state index contributed by atoms with van der Waals surface area (Å²) in [5.41, 5.74) is 1.55. The highest BCUT2D eigenvalue weighted by Gasteiger charge is 2.28. The third-order valence-corrected chi connectivity index (χ3v) is 4.83. The molecule has 128 valence electrons. The molecular formula is C18H17N3O3S. The van der Waals surface area contributed by atoms with Gasteiger partial charge in [0.25, 0.3) is 5.22 Å². The maximum atomic E-state index is 12.4. The molecule has 6 nitrogen and oxygen atoms in total. The van der Waals surface area contributed by atoms with E-state index in [9.17, 15) is 4.79 Å². The third-order valence-electron chi connectivity index (χ3n) is 4.02. The predicted molar refractivity (Wildman–Crippen MR) is 94.6 cm³/mol. The van der Waals surface area contributed by atoms with Gasteiger partial charge in [-0.2, -0.15) is 0 Å². The highest BCUT2D eigenvalue weighted by molar-refractivity contribution is 7.99. The lowest BCUT2D eigenvalue weighted by Crippen LogP contribution is -2.32. The van der Waals surface area contributed by atoms with E-state index in [1.165, 1.54) is 11.8 Å². The summed E-state index contributed by atoms with van der Waals surface area (Å²) in [6.07, 6.45) is 2.51. The maximum Gasteiger partial charge on any atom is 0.257 e. The van der Waals surface area contributed by atoms with Crippen LogP contribution in [0.15, 0.2) is 58.3 Å². The number of nitrogens with zero attached hydrogens (tertiary/aromatic N) is 3. The van der Waals surface area contributed by atoms with Crippen molar-refractivity contribution in [1.29, 1.82) is 0 Å². The fraction of sp³-hybridized carbons (Fsp3) is 0.278. The van der Waals surface area contributed by atoms with Crippen molar-refractivity contribution in [2.45, 2.75) is 17.7 Å². The molecule has 3 heterocycles. The van der Waals surface area contributed by atoms with Crippen LogP contribution in [0.3, 0.4) is 0 Å². The van der Waals surface area contributed by atoms with Gasteiger partial charge in [-0.1, -0.05) is 30.0 Å². The van der Waals surface area contributed by atoms with Crippen molar-refractivity contribution in [3.8, 4) is 5.88 Å². The minimum atomic E-state index is -0.00632. The van der Waals surface area contributed by atoms with Crippen molar-refractivity contribution < 1.29 is 13.9 Å². The van der Waals surface area contributed by atoms with Crippen molar-refractivity contribution >= 4 is 28.8 Å². The quantitative estimate of drug-likeness (QED) is 0.656. The average molecular weight is 355 g/mol. The Morgan fingerprint density at radius 1 is 1.28 bits per heavy atom. The molecule has 3 aromatic rings. The summed E-state index contributed by atoms with van der Waals surface area (Å²) in [6, 6.07) is 13.1. The van der Waals surface area contributed by atoms with Gasteiger partial charge in [-0.15, -0.1) is 0 Å². The standard InChI is InChI=1S/C18H17N3O3S/c22-17(12-25-18-20-14-5-1-2-6-15(14)24-18)21-10-8-13(11-21)23-16-7-3-4-9-19-16/h1-7,9,13H,8,10-12H2. The molecule has 0 spiro atoms. The number of thioether (sulfide) groups is 1. The fourth-order valence-electron chi connectivity index (χ4n) is 2.77. The van der Waals surface area contributed by atoms with E-state index < -0.39 is 0 Å². The molecule has 0 bridgehead atoms. The second kappa shape index (κ2) is 7.14. The number of likely N-dealkylation sites (tertiary alicyclic amines) is 1. The molecule has 1 amide bonds. The first-order valence-electron chi connectivity index (χ1n) is 8.12. The highest BCUT2D eigenvalue weighted by atomic mass is 32.2. The van der Waals surface area contributed by atoms with Gasteiger partial charge in [-0.25, -0.2) is 9.97 Å². The van der Waals surface area contributed by atoms with E-state index >= 15 is 0 Å². The van der Waals surface area contributed by atoms with Gasteiger partial charge in [-0.3, -0.25) is 4.79 Å². The summed E-state index contributed by atoms with van der Waals surface area (Å²) in [5, 5.41) is 0.523. The summed E-state index contributed by atoms with van der Waals surface area (Å²) in [5.74, 6) is 0.977. The number of pyridine rings is 1. The number of rotatable bonds is 5. The van der Waals surface area contributed by atoms with Crippen LogP contribution < -0.4 is 4.74 Å². The number of hydrogen-bond acceptors (Lipinski definition) is 6. The number of fused-ring (bicyclic) bond motifs is 1. The van der Waals surface area contributed by atoms with Crippen molar-refractivity contribution in [2.24, 2.45) is 0 Å². The second-order valence-electron chi connectivity index (χ2n) is 5.77. The molecule has 1 fully saturated rings. The smallest absolute Gasteiger partial charge is 0.257 e. The zero-order chi connectivity index (χ0) is 17.1. The molecule has 0 radical (unpaired) electrons. The van der Waals surface area contributed by atoms with Crippen LogP contribution in [-0.4, -0.2) is 45.7 Å². The molecule has 0 N–H and O–H groups in total. The van der Waals surface area contributed by atoms with Crippen molar-refractivity contribution in [2.75, 3.05) is 18.8 Å². The highest BCUT2D eigenvalue weighted by Crippen LogP contribution is 2.24. The van der Waals surface area contributed by atoms with Crippen molar-refractivity contribution in [1.82, 2.24) is 14.9 Å². The van der Waals surface area contributed by atoms with Crippen LogP contribution in [0.1, 0.15) is 6.42 Å². The molecular weight excluding hydrogens is 338 g/mol. The maximum absolute atomic E-state index is 12.4. The van der Waals surface area contributed by atoms with Crippen LogP contribution >= 0.6 is 11.8 Å². The van der Waals surface area contributed by atoms with E-state index in [1.54, 1.807) is 6.20 Å². The molecule has 1 saturated heterocycles. The van der Waals surface area contributed by atoms with E-state index in [0.717, 1.165) is 17.5 Å². The Balaban J connectivity index is 1.30. The molecule has 25 heavy (non-hydrogen) atoms. The van der Waals surface area contributed by atoms with E-state index in [2.05, 4.69) is 9.97 Å². The second-order valence-corrected chi connectivity index (χ2v) is 6.70. The normalized spacial score (nSPS) is 17.1. The van der Waals surface area contributed by atoms with Crippen LogP contribution in [0.4, 0.5) is 0 Å². The molecule has 0 aliphatic carbocycles. The van der Waals surface area contributed by atoms with Gasteiger partial charge in [0.05, 0.1) is 12.3 Å². The topological polar surface area (TPSA) is 68.5 Å². The number of oxazole rings is 1. The zero-order valence-electron chi connectivity index (χ0n) is 13.5. The first kappa shape index (κ1) is 16.0. The van der Waals surface area contributed by atoms with Crippen LogP contribution in [0.2, 0.25) is 0 Å². The van der Waals surface area contributed by atoms with E-state index in [0.29, 0.717) is 29.9 Å². The Kier molecular flexibility index (Phi) is 4.56. The molecule has 0 saturated carbocycles. The molecule has 1 atom stereocenters. The van der Waals surface area contributed by atoms with Gasteiger partial charge >= 0.3 is 0 Å². The Hall–Kier alpha value is -2.54. The molecule has 4 rings (SSSR count). The third kappa shape index (κ3) is 3.76. The zero-order valence-corrected chi connectivity index (χ0v) is 14.3. The largest absolute Gasteiger partial charge is 0.472 e. The molecule has 1 unspecified atom stereocenters. The van der Waals surface area contributed by atoms with Crippen LogP contribution in [0, 0.1) is 0 Å². The monoisotopic (exact) mass is 355 g/mol. The van der Waals surface area contributed by atoms with Gasteiger partial charge in [0.15, 0.2) is 5.58 Å². The summed E-state index contributed by atoms with van der Waals surface area (Å²) < 4.78 is 11.4. The number of benzene rings is 1. The molecule has 1 aromatic carbocycles. The number of para-hydroxylation sites is 2. The fourth-order valence-corrected chi connectivity index (χ4v) is 3.51. The molecule has 7 heteroatoms. The Morgan fingerprint density at radius 3 is 3.00 bits per heavy atom. The van der Waals surface area contributed by atoms with Crippen LogP contribution in [0.25, 0.3) is 11.1 Å². The lowest BCUT2D eigenvalue weighted by molar-refractivity contribution is -0.127. The minimum Gasteiger partial charge on any atom is -0.472 e. The van der Waals surface area contributed by atoms with Crippen molar-refractivity contribution in [3.05, 3.63) is 48.7 Å². The van der Waals surface area contributed by atoms with Gasteiger partial charge < -0.3 is 14.1 Å². The first-order chi connectivity index (χ1) is 12.3. The van der Waals surface area contributed by atoms with Crippen LogP contribution in [0.5, 0.6) is 5.88 Å². The van der Waals surface area contributed by atoms with E-state index in [-0.39, 0.29) is 12.0 Å². The summed E-state index contributed by atoms with van der Waals surface area (Å²) in [7, 11) is 0. The summed E-state index contributed by atoms with van der Waals surface area (Å²) in [6.45, 7) is 1.29. The van der Waals surface area contributed by atoms with Crippen LogP contribution in [-0.2, 0) is 4.79 Å². The number of amides is 1. The number of aromatic nitrogens is 2. The molecule has 2 aromatic heterocycles. The number of ether oxygens (including phenoxy) is 1. The number of hydrogen-bond donors (Lipinski definition) is 0. The first-order valence-corrected chi connectivity index (χ1v) is 9.10.